The molecule has 1 aromatic heterocycles. The van der Waals surface area contributed by atoms with Crippen LogP contribution in [0.1, 0.15) is 36.8 Å². The first-order valence-corrected chi connectivity index (χ1v) is 9.43. The Balaban J connectivity index is 0.00000261. The van der Waals surface area contributed by atoms with Crippen LogP contribution in [-0.4, -0.2) is 30.6 Å². The molecule has 6 heteroatoms. The lowest BCUT2D eigenvalue weighted by Crippen LogP contribution is -2.37. The molecule has 1 aliphatic carbocycles. The summed E-state index contributed by atoms with van der Waals surface area (Å²) in [5.41, 5.74) is 2.42. The molecule has 146 valence electrons. The van der Waals surface area contributed by atoms with Crippen LogP contribution in [0.5, 0.6) is 5.88 Å². The Morgan fingerprint density at radius 2 is 1.85 bits per heavy atom. The van der Waals surface area contributed by atoms with E-state index >= 15 is 0 Å². The highest BCUT2D eigenvalue weighted by Crippen LogP contribution is 2.22. The Morgan fingerprint density at radius 3 is 2.52 bits per heavy atom. The van der Waals surface area contributed by atoms with Crippen LogP contribution in [0, 0.1) is 0 Å². The van der Waals surface area contributed by atoms with E-state index < -0.39 is 0 Å². The molecule has 2 aromatic rings. The van der Waals surface area contributed by atoms with Crippen molar-refractivity contribution in [3.8, 4) is 5.88 Å². The van der Waals surface area contributed by atoms with Crippen molar-refractivity contribution in [2.75, 3.05) is 13.6 Å². The number of halogens is 1. The maximum absolute atomic E-state index is 5.90. The summed E-state index contributed by atoms with van der Waals surface area (Å²) in [5.74, 6) is 1.53. The fourth-order valence-electron chi connectivity index (χ4n) is 3.14. The molecule has 0 spiro atoms. The summed E-state index contributed by atoms with van der Waals surface area (Å²) in [6.07, 6.45) is 8.02. The van der Waals surface area contributed by atoms with Crippen LogP contribution in [0.25, 0.3) is 0 Å². The fraction of sp³-hybridized carbons (Fsp3) is 0.429. The second-order valence-electron chi connectivity index (χ2n) is 6.62. The lowest BCUT2D eigenvalue weighted by Gasteiger charge is -2.13. The van der Waals surface area contributed by atoms with Gasteiger partial charge < -0.3 is 15.4 Å². The van der Waals surface area contributed by atoms with Crippen molar-refractivity contribution in [2.45, 2.75) is 44.8 Å². The monoisotopic (exact) mass is 480 g/mol. The second-order valence-corrected chi connectivity index (χ2v) is 6.62. The van der Waals surface area contributed by atoms with Crippen LogP contribution in [-0.2, 0) is 13.0 Å². The zero-order valence-electron chi connectivity index (χ0n) is 15.9. The molecule has 27 heavy (non-hydrogen) atoms. The minimum Gasteiger partial charge on any atom is -0.474 e. The number of ether oxygens (including phenoxy) is 1. The van der Waals surface area contributed by atoms with Crippen LogP contribution < -0.4 is 15.4 Å². The van der Waals surface area contributed by atoms with Gasteiger partial charge in [0.2, 0.25) is 5.88 Å². The van der Waals surface area contributed by atoms with E-state index in [0.717, 1.165) is 43.2 Å². The molecular weight excluding hydrogens is 451 g/mol. The number of benzene rings is 1. The molecule has 0 amide bonds. The molecule has 5 nitrogen and oxygen atoms in total. The van der Waals surface area contributed by atoms with Gasteiger partial charge in [0.1, 0.15) is 6.10 Å². The summed E-state index contributed by atoms with van der Waals surface area (Å²) in [6, 6.07) is 14.5. The van der Waals surface area contributed by atoms with Crippen LogP contribution in [0.4, 0.5) is 0 Å². The lowest BCUT2D eigenvalue weighted by molar-refractivity contribution is 0.201. The first-order valence-electron chi connectivity index (χ1n) is 9.43. The van der Waals surface area contributed by atoms with Gasteiger partial charge in [-0.1, -0.05) is 36.4 Å². The van der Waals surface area contributed by atoms with E-state index in [0.29, 0.717) is 12.6 Å². The van der Waals surface area contributed by atoms with Gasteiger partial charge in [-0.15, -0.1) is 24.0 Å². The zero-order chi connectivity index (χ0) is 18.0. The number of rotatable bonds is 7. The van der Waals surface area contributed by atoms with E-state index in [4.69, 9.17) is 4.74 Å². The van der Waals surface area contributed by atoms with Crippen molar-refractivity contribution in [1.82, 2.24) is 15.6 Å². The summed E-state index contributed by atoms with van der Waals surface area (Å²) >= 11 is 0. The number of hydrogen-bond acceptors (Lipinski definition) is 3. The summed E-state index contributed by atoms with van der Waals surface area (Å²) in [4.78, 5) is 8.69. The van der Waals surface area contributed by atoms with E-state index in [1.165, 1.54) is 18.4 Å². The average molecular weight is 480 g/mol. The van der Waals surface area contributed by atoms with Crippen molar-refractivity contribution in [3.63, 3.8) is 0 Å². The van der Waals surface area contributed by atoms with Crippen LogP contribution in [0.2, 0.25) is 0 Å². The van der Waals surface area contributed by atoms with Gasteiger partial charge in [-0.3, -0.25) is 4.99 Å². The summed E-state index contributed by atoms with van der Waals surface area (Å²) in [5, 5.41) is 6.66. The number of guanidine groups is 1. The Morgan fingerprint density at radius 1 is 1.07 bits per heavy atom. The van der Waals surface area contributed by atoms with E-state index in [1.807, 2.05) is 18.3 Å². The third-order valence-electron chi connectivity index (χ3n) is 4.62. The third-order valence-corrected chi connectivity index (χ3v) is 4.62. The summed E-state index contributed by atoms with van der Waals surface area (Å²) in [6.45, 7) is 1.53. The van der Waals surface area contributed by atoms with Crippen LogP contribution in [0.3, 0.4) is 0 Å². The zero-order valence-corrected chi connectivity index (χ0v) is 18.2. The van der Waals surface area contributed by atoms with Crippen molar-refractivity contribution in [1.29, 1.82) is 0 Å². The number of hydrogen-bond donors (Lipinski definition) is 2. The van der Waals surface area contributed by atoms with Gasteiger partial charge in [0.25, 0.3) is 0 Å². The lowest BCUT2D eigenvalue weighted by atomic mass is 10.1. The minimum absolute atomic E-state index is 0. The number of nitrogens with one attached hydrogen (secondary N) is 2. The van der Waals surface area contributed by atoms with Gasteiger partial charge in [0.05, 0.1) is 0 Å². The van der Waals surface area contributed by atoms with Crippen molar-refractivity contribution < 1.29 is 4.74 Å². The summed E-state index contributed by atoms with van der Waals surface area (Å²) in [7, 11) is 1.79. The smallest absolute Gasteiger partial charge is 0.213 e. The number of aromatic nitrogens is 1. The van der Waals surface area contributed by atoms with E-state index in [-0.39, 0.29) is 24.0 Å². The molecule has 0 unspecified atom stereocenters. The molecule has 3 rings (SSSR count). The highest BCUT2D eigenvalue weighted by atomic mass is 127. The van der Waals surface area contributed by atoms with E-state index in [9.17, 15) is 0 Å². The van der Waals surface area contributed by atoms with Gasteiger partial charge in [-0.25, -0.2) is 4.98 Å². The summed E-state index contributed by atoms with van der Waals surface area (Å²) < 4.78 is 5.90. The van der Waals surface area contributed by atoms with E-state index in [2.05, 4.69) is 50.9 Å². The molecule has 1 heterocycles. The molecular formula is C21H29IN4O. The predicted octanol–water partition coefficient (Wildman–Crippen LogP) is 3.93. The van der Waals surface area contributed by atoms with Gasteiger partial charge in [0.15, 0.2) is 5.96 Å². The Kier molecular flexibility index (Phi) is 9.38. The normalized spacial score (nSPS) is 14.5. The predicted molar refractivity (Wildman–Crippen MR) is 121 cm³/mol. The fourth-order valence-corrected chi connectivity index (χ4v) is 3.14. The molecule has 0 radical (unpaired) electrons. The first-order chi connectivity index (χ1) is 12.8. The van der Waals surface area contributed by atoms with Gasteiger partial charge >= 0.3 is 0 Å². The number of pyridine rings is 1. The second kappa shape index (κ2) is 11.8. The molecule has 1 aromatic carbocycles. The Bertz CT molecular complexity index is 685. The Labute approximate surface area is 179 Å². The molecule has 1 saturated carbocycles. The largest absolute Gasteiger partial charge is 0.474 e. The van der Waals surface area contributed by atoms with Crippen molar-refractivity contribution >= 4 is 29.9 Å². The van der Waals surface area contributed by atoms with Gasteiger partial charge in [-0.05, 0) is 43.2 Å². The van der Waals surface area contributed by atoms with Gasteiger partial charge in [0, 0.05) is 32.4 Å². The van der Waals surface area contributed by atoms with Crippen molar-refractivity contribution in [3.05, 3.63) is 59.8 Å². The van der Waals surface area contributed by atoms with E-state index in [1.54, 1.807) is 7.05 Å². The quantitative estimate of drug-likeness (QED) is 0.358. The molecule has 0 bridgehead atoms. The van der Waals surface area contributed by atoms with Gasteiger partial charge in [-0.2, -0.15) is 0 Å². The molecule has 1 aliphatic rings. The van der Waals surface area contributed by atoms with Crippen LogP contribution >= 0.6 is 24.0 Å². The third kappa shape index (κ3) is 7.36. The molecule has 0 atom stereocenters. The first kappa shape index (κ1) is 21.5. The van der Waals surface area contributed by atoms with Crippen molar-refractivity contribution in [2.24, 2.45) is 4.99 Å². The number of nitrogens with zero attached hydrogens (tertiary/aromatic N) is 2. The maximum Gasteiger partial charge on any atom is 0.213 e. The van der Waals surface area contributed by atoms with Crippen LogP contribution in [0.15, 0.2) is 53.7 Å². The highest BCUT2D eigenvalue weighted by molar-refractivity contribution is 14.0. The molecule has 1 fully saturated rings. The standard InChI is InChI=1S/C21H28N4O.HI/c1-22-21(23-14-13-17-7-3-2-4-8-17)25-16-18-11-12-20(24-15-18)26-19-9-5-6-10-19;/h2-4,7-8,11-12,15,19H,5-6,9-10,13-14,16H2,1H3,(H2,22,23,25);1H. The average Bonchev–Trinajstić information content (AvgIpc) is 3.19. The molecule has 0 saturated heterocycles. The highest BCUT2D eigenvalue weighted by Gasteiger charge is 2.16. The molecule has 2 N–H and O–H groups in total. The molecule has 0 aliphatic heterocycles. The topological polar surface area (TPSA) is 58.5 Å². The SMILES string of the molecule is CN=C(NCCc1ccccc1)NCc1ccc(OC2CCCC2)nc1.I. The minimum atomic E-state index is 0. The maximum atomic E-state index is 5.90. The Hall–Kier alpha value is -1.83. The number of aliphatic imine (C=N–C) groups is 1.